The van der Waals surface area contributed by atoms with Gasteiger partial charge in [0.1, 0.15) is 0 Å². The number of fused-ring (bicyclic) bond motifs is 1. The summed E-state index contributed by atoms with van der Waals surface area (Å²) in [6.45, 7) is 7.27. The molecule has 3 heteroatoms. The molecule has 116 valence electrons. The molecule has 0 unspecified atom stereocenters. The van der Waals surface area contributed by atoms with Crippen molar-refractivity contribution < 1.29 is 0 Å². The largest absolute Gasteiger partial charge is 0.352 e. The van der Waals surface area contributed by atoms with E-state index < -0.39 is 0 Å². The summed E-state index contributed by atoms with van der Waals surface area (Å²) in [5.41, 5.74) is 1.27. The molecule has 1 aliphatic rings. The Morgan fingerprint density at radius 3 is 2.73 bits per heavy atom. The van der Waals surface area contributed by atoms with Crippen LogP contribution in [0.25, 0.3) is 10.8 Å². The average molecular weight is 295 g/mol. The number of aliphatic imine (C=N–C) groups is 1. The van der Waals surface area contributed by atoms with E-state index in [4.69, 9.17) is 4.99 Å². The minimum Gasteiger partial charge on any atom is -0.352 e. The third kappa shape index (κ3) is 3.24. The predicted octanol–water partition coefficient (Wildman–Crippen LogP) is 3.79. The highest BCUT2D eigenvalue weighted by atomic mass is 15.4. The quantitative estimate of drug-likeness (QED) is 0.909. The van der Waals surface area contributed by atoms with Crippen LogP contribution in [0.3, 0.4) is 0 Å². The molecule has 0 spiro atoms. The Hall–Kier alpha value is -2.03. The van der Waals surface area contributed by atoms with E-state index in [2.05, 4.69) is 66.5 Å². The Balaban J connectivity index is 1.73. The van der Waals surface area contributed by atoms with E-state index in [9.17, 15) is 0 Å². The van der Waals surface area contributed by atoms with Gasteiger partial charge in [-0.1, -0.05) is 49.7 Å². The molecule has 2 aromatic rings. The highest BCUT2D eigenvalue weighted by molar-refractivity contribution is 5.84. The van der Waals surface area contributed by atoms with Crippen molar-refractivity contribution in [3.8, 4) is 0 Å². The van der Waals surface area contributed by atoms with E-state index >= 15 is 0 Å². The highest BCUT2D eigenvalue weighted by Gasteiger charge is 2.24. The van der Waals surface area contributed by atoms with Gasteiger partial charge in [-0.25, -0.2) is 4.99 Å². The number of likely N-dealkylation sites (N-methyl/N-ethyl adjacent to an activating group) is 1. The van der Waals surface area contributed by atoms with Crippen LogP contribution in [-0.2, 0) is 6.54 Å². The first-order valence-electron chi connectivity index (χ1n) is 8.33. The maximum atomic E-state index is 4.82. The van der Waals surface area contributed by atoms with E-state index in [1.807, 2.05) is 0 Å². The van der Waals surface area contributed by atoms with Crippen LogP contribution in [0.4, 0.5) is 0 Å². The van der Waals surface area contributed by atoms with Crippen LogP contribution in [0.5, 0.6) is 0 Å². The molecular weight excluding hydrogens is 270 g/mol. The summed E-state index contributed by atoms with van der Waals surface area (Å²) in [6, 6.07) is 15.6. The third-order valence-electron chi connectivity index (χ3n) is 4.32. The van der Waals surface area contributed by atoms with Gasteiger partial charge in [-0.05, 0) is 35.7 Å². The molecule has 2 aromatic carbocycles. The van der Waals surface area contributed by atoms with Gasteiger partial charge in [-0.3, -0.25) is 0 Å². The zero-order chi connectivity index (χ0) is 15.4. The monoisotopic (exact) mass is 295 g/mol. The molecule has 1 heterocycles. The lowest BCUT2D eigenvalue weighted by Gasteiger charge is -2.14. The molecule has 1 atom stereocenters. The lowest BCUT2D eigenvalue weighted by molar-refractivity contribution is 0.438. The van der Waals surface area contributed by atoms with Gasteiger partial charge in [0.2, 0.25) is 0 Å². The van der Waals surface area contributed by atoms with Crippen LogP contribution in [0.2, 0.25) is 0 Å². The van der Waals surface area contributed by atoms with E-state index in [0.29, 0.717) is 6.04 Å². The summed E-state index contributed by atoms with van der Waals surface area (Å²) in [5, 5.41) is 6.15. The SMILES string of the molecule is CCC[C@H]1CN(CC)C(=NCc2ccc3ccccc3c2)N1. The second-order valence-electron chi connectivity index (χ2n) is 5.99. The number of nitrogens with one attached hydrogen (secondary N) is 1. The second kappa shape index (κ2) is 6.82. The molecule has 0 radical (unpaired) electrons. The number of benzene rings is 2. The third-order valence-corrected chi connectivity index (χ3v) is 4.32. The Morgan fingerprint density at radius 2 is 1.95 bits per heavy atom. The van der Waals surface area contributed by atoms with Crippen molar-refractivity contribution in [3.05, 3.63) is 48.0 Å². The topological polar surface area (TPSA) is 27.6 Å². The molecule has 0 amide bonds. The highest BCUT2D eigenvalue weighted by Crippen LogP contribution is 2.17. The second-order valence-corrected chi connectivity index (χ2v) is 5.99. The molecule has 0 aliphatic carbocycles. The van der Waals surface area contributed by atoms with Crippen molar-refractivity contribution in [2.24, 2.45) is 4.99 Å². The fourth-order valence-corrected chi connectivity index (χ4v) is 3.11. The molecule has 3 nitrogen and oxygen atoms in total. The summed E-state index contributed by atoms with van der Waals surface area (Å²) in [6.07, 6.45) is 2.43. The fraction of sp³-hybridized carbons (Fsp3) is 0.421. The normalized spacial score (nSPS) is 19.8. The van der Waals surface area contributed by atoms with Crippen molar-refractivity contribution in [1.82, 2.24) is 10.2 Å². The first-order chi connectivity index (χ1) is 10.8. The van der Waals surface area contributed by atoms with Crippen molar-refractivity contribution in [1.29, 1.82) is 0 Å². The number of rotatable bonds is 5. The summed E-state index contributed by atoms with van der Waals surface area (Å²) in [7, 11) is 0. The molecular formula is C19H25N3. The van der Waals surface area contributed by atoms with Gasteiger partial charge in [0.25, 0.3) is 0 Å². The molecule has 1 fully saturated rings. The van der Waals surface area contributed by atoms with E-state index in [0.717, 1.165) is 25.6 Å². The maximum absolute atomic E-state index is 4.82. The lowest BCUT2D eigenvalue weighted by Crippen LogP contribution is -2.30. The minimum absolute atomic E-state index is 0.556. The van der Waals surface area contributed by atoms with Gasteiger partial charge < -0.3 is 10.2 Å². The van der Waals surface area contributed by atoms with Gasteiger partial charge in [-0.15, -0.1) is 0 Å². The molecule has 1 saturated heterocycles. The maximum Gasteiger partial charge on any atom is 0.194 e. The van der Waals surface area contributed by atoms with Crippen molar-refractivity contribution in [2.45, 2.75) is 39.3 Å². The molecule has 0 bridgehead atoms. The minimum atomic E-state index is 0.556. The first-order valence-corrected chi connectivity index (χ1v) is 8.33. The Kier molecular flexibility index (Phi) is 4.62. The summed E-state index contributed by atoms with van der Waals surface area (Å²) < 4.78 is 0. The van der Waals surface area contributed by atoms with E-state index in [1.54, 1.807) is 0 Å². The van der Waals surface area contributed by atoms with Crippen molar-refractivity contribution in [2.75, 3.05) is 13.1 Å². The summed E-state index contributed by atoms with van der Waals surface area (Å²) in [5.74, 6) is 1.06. The van der Waals surface area contributed by atoms with Gasteiger partial charge in [-0.2, -0.15) is 0 Å². The van der Waals surface area contributed by atoms with E-state index in [-0.39, 0.29) is 0 Å². The molecule has 3 rings (SSSR count). The number of hydrogen-bond donors (Lipinski definition) is 1. The zero-order valence-corrected chi connectivity index (χ0v) is 13.5. The van der Waals surface area contributed by atoms with Crippen LogP contribution < -0.4 is 5.32 Å². The van der Waals surface area contributed by atoms with Gasteiger partial charge in [0.05, 0.1) is 6.54 Å². The number of nitrogens with zero attached hydrogens (tertiary/aromatic N) is 2. The van der Waals surface area contributed by atoms with Gasteiger partial charge in [0, 0.05) is 19.1 Å². The first kappa shape index (κ1) is 14.9. The number of guanidine groups is 1. The standard InChI is InChI=1S/C19H25N3/c1-3-7-18-14-22(4-2)19(21-18)20-13-15-10-11-16-8-5-6-9-17(16)12-15/h5-6,8-12,18H,3-4,7,13-14H2,1-2H3,(H,20,21)/t18-/m0/s1. The Morgan fingerprint density at radius 1 is 1.14 bits per heavy atom. The smallest absolute Gasteiger partial charge is 0.194 e. The van der Waals surface area contributed by atoms with Crippen LogP contribution >= 0.6 is 0 Å². The number of hydrogen-bond acceptors (Lipinski definition) is 1. The summed E-state index contributed by atoms with van der Waals surface area (Å²) >= 11 is 0. The molecule has 0 aromatic heterocycles. The Bertz CT molecular complexity index is 663. The molecule has 1 N–H and O–H groups in total. The zero-order valence-electron chi connectivity index (χ0n) is 13.5. The average Bonchev–Trinajstić information content (AvgIpc) is 2.95. The van der Waals surface area contributed by atoms with E-state index in [1.165, 1.54) is 29.2 Å². The lowest BCUT2D eigenvalue weighted by atomic mass is 10.1. The van der Waals surface area contributed by atoms with Gasteiger partial charge in [0.15, 0.2) is 5.96 Å². The van der Waals surface area contributed by atoms with Crippen LogP contribution in [0, 0.1) is 0 Å². The van der Waals surface area contributed by atoms with Gasteiger partial charge >= 0.3 is 0 Å². The van der Waals surface area contributed by atoms with Crippen LogP contribution in [-0.4, -0.2) is 30.0 Å². The molecule has 1 aliphatic heterocycles. The molecule has 0 saturated carbocycles. The fourth-order valence-electron chi connectivity index (χ4n) is 3.11. The van der Waals surface area contributed by atoms with Crippen molar-refractivity contribution >= 4 is 16.7 Å². The van der Waals surface area contributed by atoms with Crippen LogP contribution in [0.1, 0.15) is 32.3 Å². The molecule has 22 heavy (non-hydrogen) atoms. The van der Waals surface area contributed by atoms with Crippen LogP contribution in [0.15, 0.2) is 47.5 Å². The summed E-state index contributed by atoms with van der Waals surface area (Å²) in [4.78, 5) is 7.17. The van der Waals surface area contributed by atoms with Crippen molar-refractivity contribution in [3.63, 3.8) is 0 Å². The Labute approximate surface area is 133 Å². The predicted molar refractivity (Wildman–Crippen MR) is 94.2 cm³/mol.